The largest absolute Gasteiger partial charge is 0.489 e. The molecule has 10 heteroatoms. The Morgan fingerprint density at radius 2 is 1.38 bits per heavy atom. The Hall–Kier alpha value is -4.54. The normalized spacial score (nSPS) is 11.9. The SMILES string of the molecule is CS(=O)(=O)ONC(=Nc1ccc(N=Nc2ccccc2)cc1)Nc1cccc(OCc2ccccc2)c1. The highest BCUT2D eigenvalue weighted by Crippen LogP contribution is 2.23. The highest BCUT2D eigenvalue weighted by atomic mass is 32.2. The van der Waals surface area contributed by atoms with Crippen LogP contribution < -0.4 is 15.5 Å². The molecule has 4 aromatic carbocycles. The van der Waals surface area contributed by atoms with Crippen molar-refractivity contribution in [3.63, 3.8) is 0 Å². The van der Waals surface area contributed by atoms with E-state index in [1.807, 2.05) is 72.8 Å². The molecule has 0 saturated heterocycles. The second kappa shape index (κ2) is 12.4. The van der Waals surface area contributed by atoms with Crippen LogP contribution in [-0.4, -0.2) is 20.6 Å². The standard InChI is InChI=1S/C27H25N5O4S/c1-37(33,34)36-32-27(28-22-15-17-24(18-16-22)31-30-23-11-6-3-7-12-23)29-25-13-8-14-26(19-25)35-20-21-9-4-2-5-10-21/h2-19H,20H2,1H3,(H2,28,29,32). The molecule has 0 aliphatic heterocycles. The number of ether oxygens (including phenoxy) is 1. The number of nitrogens with zero attached hydrogens (tertiary/aromatic N) is 3. The average molecular weight is 516 g/mol. The van der Waals surface area contributed by atoms with Gasteiger partial charge < -0.3 is 10.1 Å². The van der Waals surface area contributed by atoms with E-state index in [9.17, 15) is 8.42 Å². The number of aliphatic imine (C=N–C) groups is 1. The fourth-order valence-electron chi connectivity index (χ4n) is 3.07. The lowest BCUT2D eigenvalue weighted by atomic mass is 10.2. The number of benzene rings is 4. The van der Waals surface area contributed by atoms with Crippen LogP contribution in [0.15, 0.2) is 124 Å². The van der Waals surface area contributed by atoms with Crippen molar-refractivity contribution in [1.29, 1.82) is 0 Å². The third kappa shape index (κ3) is 8.88. The van der Waals surface area contributed by atoms with Gasteiger partial charge in [0, 0.05) is 11.8 Å². The first kappa shape index (κ1) is 25.5. The number of hydrogen-bond donors (Lipinski definition) is 2. The Morgan fingerprint density at radius 3 is 2.05 bits per heavy atom. The zero-order valence-corrected chi connectivity index (χ0v) is 20.8. The molecule has 0 aliphatic carbocycles. The van der Waals surface area contributed by atoms with Crippen molar-refractivity contribution in [2.75, 3.05) is 11.6 Å². The molecule has 0 heterocycles. The summed E-state index contributed by atoms with van der Waals surface area (Å²) in [6, 6.07) is 33.3. The zero-order chi connectivity index (χ0) is 25.9. The lowest BCUT2D eigenvalue weighted by molar-refractivity contribution is 0.270. The topological polar surface area (TPSA) is 114 Å². The van der Waals surface area contributed by atoms with Crippen LogP contribution in [0, 0.1) is 0 Å². The summed E-state index contributed by atoms with van der Waals surface area (Å²) in [5.41, 5.74) is 5.93. The van der Waals surface area contributed by atoms with Gasteiger partial charge in [-0.15, -0.1) is 4.28 Å². The molecule has 4 aromatic rings. The second-order valence-electron chi connectivity index (χ2n) is 7.83. The number of guanidine groups is 1. The monoisotopic (exact) mass is 515 g/mol. The number of hydroxylamine groups is 1. The molecule has 2 N–H and O–H groups in total. The van der Waals surface area contributed by atoms with Gasteiger partial charge in [-0.05, 0) is 54.1 Å². The van der Waals surface area contributed by atoms with Gasteiger partial charge in [0.25, 0.3) is 10.1 Å². The Morgan fingerprint density at radius 1 is 0.757 bits per heavy atom. The Kier molecular flexibility index (Phi) is 8.58. The number of azo groups is 1. The second-order valence-corrected chi connectivity index (χ2v) is 9.40. The molecule has 0 amide bonds. The third-order valence-electron chi connectivity index (χ3n) is 4.76. The van der Waals surface area contributed by atoms with Gasteiger partial charge in [0.1, 0.15) is 12.4 Å². The summed E-state index contributed by atoms with van der Waals surface area (Å²) in [7, 11) is -3.78. The molecule has 0 saturated carbocycles. The van der Waals surface area contributed by atoms with Gasteiger partial charge in [-0.2, -0.15) is 18.6 Å². The summed E-state index contributed by atoms with van der Waals surface area (Å²) in [4.78, 5) is 4.43. The van der Waals surface area contributed by atoms with E-state index in [1.54, 1.807) is 36.4 Å². The van der Waals surface area contributed by atoms with Crippen LogP contribution >= 0.6 is 0 Å². The lowest BCUT2D eigenvalue weighted by Gasteiger charge is -2.13. The van der Waals surface area contributed by atoms with Crippen molar-refractivity contribution in [2.24, 2.45) is 15.2 Å². The molecule has 4 rings (SSSR count). The van der Waals surface area contributed by atoms with Crippen LogP contribution in [0.25, 0.3) is 0 Å². The lowest BCUT2D eigenvalue weighted by Crippen LogP contribution is -2.32. The quantitative estimate of drug-likeness (QED) is 0.118. The maximum Gasteiger partial charge on any atom is 0.285 e. The molecule has 0 atom stereocenters. The molecule has 0 unspecified atom stereocenters. The van der Waals surface area contributed by atoms with Crippen LogP contribution in [0.3, 0.4) is 0 Å². The third-order valence-corrected chi connectivity index (χ3v) is 5.15. The van der Waals surface area contributed by atoms with Gasteiger partial charge in [-0.25, -0.2) is 10.5 Å². The van der Waals surface area contributed by atoms with Gasteiger partial charge in [0.05, 0.1) is 23.3 Å². The first-order valence-electron chi connectivity index (χ1n) is 11.3. The molecule has 0 aliphatic rings. The summed E-state index contributed by atoms with van der Waals surface area (Å²) in [6.45, 7) is 0.411. The minimum atomic E-state index is -3.78. The smallest absolute Gasteiger partial charge is 0.285 e. The number of hydrogen-bond acceptors (Lipinski definition) is 7. The fourth-order valence-corrected chi connectivity index (χ4v) is 3.30. The van der Waals surface area contributed by atoms with Crippen molar-refractivity contribution in [1.82, 2.24) is 5.48 Å². The first-order chi connectivity index (χ1) is 17.9. The Labute approximate surface area is 215 Å². The van der Waals surface area contributed by atoms with E-state index in [1.165, 1.54) is 0 Å². The molecule has 0 fully saturated rings. The van der Waals surface area contributed by atoms with E-state index >= 15 is 0 Å². The van der Waals surface area contributed by atoms with E-state index in [4.69, 9.17) is 9.02 Å². The zero-order valence-electron chi connectivity index (χ0n) is 20.0. The predicted octanol–water partition coefficient (Wildman–Crippen LogP) is 6.26. The minimum absolute atomic E-state index is 0.0595. The predicted molar refractivity (Wildman–Crippen MR) is 144 cm³/mol. The van der Waals surface area contributed by atoms with Gasteiger partial charge in [-0.3, -0.25) is 0 Å². The van der Waals surface area contributed by atoms with Crippen LogP contribution in [-0.2, 0) is 21.0 Å². The van der Waals surface area contributed by atoms with E-state index in [-0.39, 0.29) is 5.96 Å². The molecule has 0 radical (unpaired) electrons. The Bertz CT molecular complexity index is 1460. The van der Waals surface area contributed by atoms with Crippen LogP contribution in [0.5, 0.6) is 5.75 Å². The molecule has 9 nitrogen and oxygen atoms in total. The van der Waals surface area contributed by atoms with Gasteiger partial charge >= 0.3 is 0 Å². The van der Waals surface area contributed by atoms with E-state index < -0.39 is 10.1 Å². The van der Waals surface area contributed by atoms with Crippen molar-refractivity contribution in [3.05, 3.63) is 115 Å². The fraction of sp³-hybridized carbons (Fsp3) is 0.0741. The van der Waals surface area contributed by atoms with Gasteiger partial charge in [0.2, 0.25) is 5.96 Å². The van der Waals surface area contributed by atoms with Crippen LogP contribution in [0.1, 0.15) is 5.56 Å². The first-order valence-corrected chi connectivity index (χ1v) is 13.1. The summed E-state index contributed by atoms with van der Waals surface area (Å²) in [5, 5.41) is 11.4. The highest BCUT2D eigenvalue weighted by molar-refractivity contribution is 7.85. The Balaban J connectivity index is 1.47. The molecule has 0 spiro atoms. The van der Waals surface area contributed by atoms with Crippen molar-refractivity contribution < 1.29 is 17.4 Å². The molecule has 37 heavy (non-hydrogen) atoms. The average Bonchev–Trinajstić information content (AvgIpc) is 2.91. The summed E-state index contributed by atoms with van der Waals surface area (Å²) < 4.78 is 33.7. The number of rotatable bonds is 9. The van der Waals surface area contributed by atoms with E-state index in [0.717, 1.165) is 17.5 Å². The molecule has 188 valence electrons. The minimum Gasteiger partial charge on any atom is -0.489 e. The van der Waals surface area contributed by atoms with Crippen molar-refractivity contribution in [3.8, 4) is 5.75 Å². The number of nitrogens with one attached hydrogen (secondary N) is 2. The van der Waals surface area contributed by atoms with Crippen LogP contribution in [0.2, 0.25) is 0 Å². The van der Waals surface area contributed by atoms with Gasteiger partial charge in [0.15, 0.2) is 0 Å². The van der Waals surface area contributed by atoms with Crippen molar-refractivity contribution >= 4 is 38.8 Å². The van der Waals surface area contributed by atoms with E-state index in [2.05, 4.69) is 26.0 Å². The molecular weight excluding hydrogens is 490 g/mol. The van der Waals surface area contributed by atoms with E-state index in [0.29, 0.717) is 29.4 Å². The summed E-state index contributed by atoms with van der Waals surface area (Å²) in [5.74, 6) is 0.690. The van der Waals surface area contributed by atoms with Crippen molar-refractivity contribution in [2.45, 2.75) is 6.61 Å². The maximum atomic E-state index is 11.5. The molecule has 0 bridgehead atoms. The molecular formula is C27H25N5O4S. The molecule has 0 aromatic heterocycles. The highest BCUT2D eigenvalue weighted by Gasteiger charge is 2.08. The van der Waals surface area contributed by atoms with Crippen LogP contribution in [0.4, 0.5) is 22.7 Å². The van der Waals surface area contributed by atoms with Gasteiger partial charge in [-0.1, -0.05) is 54.6 Å². The summed E-state index contributed by atoms with van der Waals surface area (Å²) in [6.07, 6.45) is 0.933. The maximum absolute atomic E-state index is 11.5. The summed E-state index contributed by atoms with van der Waals surface area (Å²) >= 11 is 0. The number of anilines is 1.